The van der Waals surface area contributed by atoms with Gasteiger partial charge in [-0.05, 0) is 42.5 Å². The number of aryl methyl sites for hydroxylation is 1. The van der Waals surface area contributed by atoms with Crippen LogP contribution in [0.2, 0.25) is 0 Å². The third kappa shape index (κ3) is 3.31. The van der Waals surface area contributed by atoms with Gasteiger partial charge in [-0.3, -0.25) is 0 Å². The van der Waals surface area contributed by atoms with Gasteiger partial charge in [-0.2, -0.15) is 23.5 Å². The molecule has 0 bridgehead atoms. The molecule has 0 amide bonds. The van der Waals surface area contributed by atoms with E-state index in [-0.39, 0.29) is 0 Å². The summed E-state index contributed by atoms with van der Waals surface area (Å²) in [4.78, 5) is 0. The fourth-order valence-electron chi connectivity index (χ4n) is 2.68. The largest absolute Gasteiger partial charge is 0.435 e. The molecule has 27 heavy (non-hydrogen) atoms. The van der Waals surface area contributed by atoms with Crippen LogP contribution in [0.3, 0.4) is 0 Å². The highest BCUT2D eigenvalue weighted by molar-refractivity contribution is 5.64. The van der Waals surface area contributed by atoms with Crippen LogP contribution < -0.4 is 0 Å². The van der Waals surface area contributed by atoms with Crippen molar-refractivity contribution >= 4 is 0 Å². The zero-order valence-electron chi connectivity index (χ0n) is 14.1. The number of benzene rings is 2. The zero-order chi connectivity index (χ0) is 19.0. The first-order valence-corrected chi connectivity index (χ1v) is 8.00. The first-order chi connectivity index (χ1) is 12.9. The number of halogens is 3. The topological polar surface area (TPSA) is 72.3 Å². The summed E-state index contributed by atoms with van der Waals surface area (Å²) < 4.78 is 41.0. The summed E-state index contributed by atoms with van der Waals surface area (Å²) in [7, 11) is 0. The van der Waals surface area contributed by atoms with Crippen LogP contribution in [0.4, 0.5) is 13.2 Å². The molecule has 0 spiro atoms. The molecule has 9 heteroatoms. The summed E-state index contributed by atoms with van der Waals surface area (Å²) in [6.45, 7) is 1.92. The van der Waals surface area contributed by atoms with Gasteiger partial charge < -0.3 is 0 Å². The van der Waals surface area contributed by atoms with E-state index >= 15 is 0 Å². The molecule has 4 aromatic rings. The number of hydrogen-bond acceptors (Lipinski definition) is 4. The van der Waals surface area contributed by atoms with Crippen molar-refractivity contribution in [3.05, 3.63) is 65.9 Å². The van der Waals surface area contributed by atoms with Gasteiger partial charge in [0.1, 0.15) is 0 Å². The standard InChI is InChI=1S/C18H13F3N6/c1-11-2-4-12(5-3-11)15-10-16(18(19,20)21)24-27(15)14-8-6-13(7-9-14)17-22-25-26-23-17/h2-10H,1H3,(H,22,23,25,26). The number of nitrogens with zero attached hydrogens (tertiary/aromatic N) is 5. The van der Waals surface area contributed by atoms with Crippen molar-refractivity contribution in [2.75, 3.05) is 0 Å². The molecule has 6 nitrogen and oxygen atoms in total. The Morgan fingerprint density at radius 3 is 2.19 bits per heavy atom. The van der Waals surface area contributed by atoms with Gasteiger partial charge in [-0.25, -0.2) is 4.68 Å². The third-order valence-corrected chi connectivity index (χ3v) is 4.06. The molecule has 0 aliphatic carbocycles. The predicted octanol–water partition coefficient (Wildman–Crippen LogP) is 4.05. The van der Waals surface area contributed by atoms with Crippen molar-refractivity contribution in [2.45, 2.75) is 13.1 Å². The molecule has 0 aliphatic rings. The molecule has 1 N–H and O–H groups in total. The SMILES string of the molecule is Cc1ccc(-c2cc(C(F)(F)F)nn2-c2ccc(-c3nn[nH]n3)cc2)cc1. The van der Waals surface area contributed by atoms with E-state index in [4.69, 9.17) is 0 Å². The van der Waals surface area contributed by atoms with E-state index in [0.717, 1.165) is 11.6 Å². The molecule has 0 atom stereocenters. The molecule has 2 heterocycles. The van der Waals surface area contributed by atoms with E-state index in [0.29, 0.717) is 28.3 Å². The Bertz CT molecular complexity index is 1050. The smallest absolute Gasteiger partial charge is 0.233 e. The maximum Gasteiger partial charge on any atom is 0.435 e. The van der Waals surface area contributed by atoms with Gasteiger partial charge >= 0.3 is 6.18 Å². The van der Waals surface area contributed by atoms with E-state index in [1.54, 1.807) is 36.4 Å². The Morgan fingerprint density at radius 1 is 0.926 bits per heavy atom. The highest BCUT2D eigenvalue weighted by Crippen LogP contribution is 2.33. The van der Waals surface area contributed by atoms with E-state index in [9.17, 15) is 13.2 Å². The van der Waals surface area contributed by atoms with Crippen LogP contribution in [0, 0.1) is 6.92 Å². The van der Waals surface area contributed by atoms with E-state index in [2.05, 4.69) is 25.7 Å². The van der Waals surface area contributed by atoms with Crippen LogP contribution in [0.15, 0.2) is 54.6 Å². The van der Waals surface area contributed by atoms with Crippen molar-refractivity contribution in [3.8, 4) is 28.3 Å². The summed E-state index contributed by atoms with van der Waals surface area (Å²) in [5, 5.41) is 17.4. The lowest BCUT2D eigenvalue weighted by molar-refractivity contribution is -0.141. The van der Waals surface area contributed by atoms with Crippen molar-refractivity contribution < 1.29 is 13.2 Å². The number of aromatic nitrogens is 6. The molecule has 136 valence electrons. The normalized spacial score (nSPS) is 11.7. The van der Waals surface area contributed by atoms with Crippen molar-refractivity contribution in [1.29, 1.82) is 0 Å². The molecule has 0 saturated carbocycles. The van der Waals surface area contributed by atoms with E-state index in [1.807, 2.05) is 19.1 Å². The fourth-order valence-corrected chi connectivity index (χ4v) is 2.68. The summed E-state index contributed by atoms with van der Waals surface area (Å²) in [6, 6.07) is 15.0. The molecular formula is C18H13F3N6. The lowest BCUT2D eigenvalue weighted by Gasteiger charge is -2.08. The van der Waals surface area contributed by atoms with Gasteiger partial charge in [0.25, 0.3) is 0 Å². The molecule has 0 saturated heterocycles. The molecule has 4 rings (SSSR count). The van der Waals surface area contributed by atoms with Gasteiger partial charge in [0.2, 0.25) is 5.82 Å². The molecule has 2 aromatic heterocycles. The van der Waals surface area contributed by atoms with Crippen molar-refractivity contribution in [1.82, 2.24) is 30.4 Å². The van der Waals surface area contributed by atoms with Gasteiger partial charge in [0.05, 0.1) is 11.4 Å². The summed E-state index contributed by atoms with van der Waals surface area (Å²) in [5.41, 5.74) is 2.26. The first-order valence-electron chi connectivity index (χ1n) is 8.00. The minimum absolute atomic E-state index is 0.356. The second-order valence-corrected chi connectivity index (χ2v) is 5.97. The third-order valence-electron chi connectivity index (χ3n) is 4.06. The van der Waals surface area contributed by atoms with Crippen molar-refractivity contribution in [2.24, 2.45) is 0 Å². The Hall–Kier alpha value is -3.49. The number of aromatic amines is 1. The molecular weight excluding hydrogens is 357 g/mol. The maximum absolute atomic E-state index is 13.2. The lowest BCUT2D eigenvalue weighted by Crippen LogP contribution is -2.07. The molecule has 0 aliphatic heterocycles. The quantitative estimate of drug-likeness (QED) is 0.591. The number of hydrogen-bond donors (Lipinski definition) is 1. The Kier molecular flexibility index (Phi) is 3.98. The Morgan fingerprint density at radius 2 is 1.59 bits per heavy atom. The van der Waals surface area contributed by atoms with Crippen LogP contribution >= 0.6 is 0 Å². The van der Waals surface area contributed by atoms with Crippen LogP contribution in [0.5, 0.6) is 0 Å². The Balaban J connectivity index is 1.81. The van der Waals surface area contributed by atoms with Gasteiger partial charge in [0, 0.05) is 11.1 Å². The number of tetrazole rings is 1. The average Bonchev–Trinajstić information content (AvgIpc) is 3.32. The second-order valence-electron chi connectivity index (χ2n) is 5.97. The van der Waals surface area contributed by atoms with Gasteiger partial charge in [0.15, 0.2) is 5.69 Å². The summed E-state index contributed by atoms with van der Waals surface area (Å²) >= 11 is 0. The zero-order valence-corrected chi connectivity index (χ0v) is 14.1. The summed E-state index contributed by atoms with van der Waals surface area (Å²) in [6.07, 6.45) is -4.53. The molecule has 0 unspecified atom stereocenters. The number of H-pyrrole nitrogens is 1. The minimum atomic E-state index is -4.53. The predicted molar refractivity (Wildman–Crippen MR) is 91.9 cm³/mol. The van der Waals surface area contributed by atoms with Crippen LogP contribution in [0.1, 0.15) is 11.3 Å². The average molecular weight is 370 g/mol. The van der Waals surface area contributed by atoms with Crippen LogP contribution in [-0.2, 0) is 6.18 Å². The highest BCUT2D eigenvalue weighted by atomic mass is 19.4. The Labute approximate surface area is 151 Å². The van der Waals surface area contributed by atoms with E-state index < -0.39 is 11.9 Å². The van der Waals surface area contributed by atoms with Crippen LogP contribution in [-0.4, -0.2) is 30.4 Å². The molecule has 0 radical (unpaired) electrons. The number of alkyl halides is 3. The molecule has 0 fully saturated rings. The van der Waals surface area contributed by atoms with Gasteiger partial charge in [-0.15, -0.1) is 10.2 Å². The fraction of sp³-hybridized carbons (Fsp3) is 0.111. The monoisotopic (exact) mass is 370 g/mol. The first kappa shape index (κ1) is 17.0. The summed E-state index contributed by atoms with van der Waals surface area (Å²) in [5.74, 6) is 0.400. The number of nitrogens with one attached hydrogen (secondary N) is 1. The minimum Gasteiger partial charge on any atom is -0.233 e. The van der Waals surface area contributed by atoms with Crippen LogP contribution in [0.25, 0.3) is 28.3 Å². The maximum atomic E-state index is 13.2. The van der Waals surface area contributed by atoms with Gasteiger partial charge in [-0.1, -0.05) is 29.8 Å². The number of rotatable bonds is 3. The van der Waals surface area contributed by atoms with Crippen molar-refractivity contribution in [3.63, 3.8) is 0 Å². The van der Waals surface area contributed by atoms with E-state index in [1.165, 1.54) is 4.68 Å². The highest BCUT2D eigenvalue weighted by Gasteiger charge is 2.35. The molecule has 2 aromatic carbocycles. The lowest BCUT2D eigenvalue weighted by atomic mass is 10.1. The second kappa shape index (κ2) is 6.35.